The van der Waals surface area contributed by atoms with Gasteiger partial charge < -0.3 is 5.11 Å². The minimum Gasteiger partial charge on any atom is -0.481 e. The highest BCUT2D eigenvalue weighted by Crippen LogP contribution is 2.26. The number of aliphatic carboxylic acids is 1. The lowest BCUT2D eigenvalue weighted by Crippen LogP contribution is -2.21. The van der Waals surface area contributed by atoms with Crippen molar-refractivity contribution >= 4 is 34.7 Å². The van der Waals surface area contributed by atoms with Gasteiger partial charge in [-0.15, -0.1) is 11.3 Å². The summed E-state index contributed by atoms with van der Waals surface area (Å²) < 4.78 is 0. The van der Waals surface area contributed by atoms with Crippen LogP contribution in [-0.2, 0) is 22.4 Å². The second kappa shape index (κ2) is 8.93. The first-order valence-electron chi connectivity index (χ1n) is 8.50. The van der Waals surface area contributed by atoms with Gasteiger partial charge in [0.2, 0.25) is 0 Å². The minimum atomic E-state index is -0.954. The van der Waals surface area contributed by atoms with E-state index < -0.39 is 11.9 Å². The van der Waals surface area contributed by atoms with Gasteiger partial charge in [0.1, 0.15) is 10.8 Å². The monoisotopic (exact) mass is 399 g/mol. The lowest BCUT2D eigenvalue weighted by atomic mass is 9.93. The highest BCUT2D eigenvalue weighted by molar-refractivity contribution is 7.13. The number of carbonyl (C=O) groups is 2. The van der Waals surface area contributed by atoms with Crippen molar-refractivity contribution in [2.45, 2.75) is 19.3 Å². The molecule has 0 amide bonds. The van der Waals surface area contributed by atoms with E-state index in [0.29, 0.717) is 17.1 Å². The Bertz CT molecular complexity index is 939. The SMILES string of the molecule is O=C(Cc1csc(-c2cccc(Cl)c2)n1)C[C@H](Cc1ccccc1)C(=O)O. The summed E-state index contributed by atoms with van der Waals surface area (Å²) in [6.07, 6.45) is 0.469. The molecule has 4 nitrogen and oxygen atoms in total. The average molecular weight is 400 g/mol. The van der Waals surface area contributed by atoms with Crippen molar-refractivity contribution in [2.24, 2.45) is 5.92 Å². The van der Waals surface area contributed by atoms with Gasteiger partial charge in [-0.25, -0.2) is 4.98 Å². The summed E-state index contributed by atoms with van der Waals surface area (Å²) in [6.45, 7) is 0. The number of hydrogen-bond acceptors (Lipinski definition) is 4. The van der Waals surface area contributed by atoms with E-state index in [0.717, 1.165) is 16.1 Å². The molecule has 0 aliphatic rings. The first-order valence-corrected chi connectivity index (χ1v) is 9.76. The minimum absolute atomic E-state index is 0.00570. The molecule has 3 aromatic rings. The summed E-state index contributed by atoms with van der Waals surface area (Å²) >= 11 is 7.45. The number of halogens is 1. The Hall–Kier alpha value is -2.50. The van der Waals surface area contributed by atoms with Crippen molar-refractivity contribution in [3.05, 3.63) is 76.3 Å². The molecule has 1 atom stereocenters. The van der Waals surface area contributed by atoms with Gasteiger partial charge in [-0.3, -0.25) is 9.59 Å². The molecule has 1 heterocycles. The Labute approximate surface area is 166 Å². The van der Waals surface area contributed by atoms with Gasteiger partial charge in [0.25, 0.3) is 0 Å². The summed E-state index contributed by atoms with van der Waals surface area (Å²) in [5, 5.41) is 12.7. The molecule has 1 N–H and O–H groups in total. The molecule has 0 aliphatic heterocycles. The van der Waals surface area contributed by atoms with Crippen molar-refractivity contribution in [1.82, 2.24) is 4.98 Å². The van der Waals surface area contributed by atoms with Gasteiger partial charge in [-0.1, -0.05) is 54.1 Å². The average Bonchev–Trinajstić information content (AvgIpc) is 3.10. The zero-order chi connectivity index (χ0) is 19.2. The zero-order valence-electron chi connectivity index (χ0n) is 14.5. The molecule has 3 rings (SSSR count). The van der Waals surface area contributed by atoms with Crippen LogP contribution in [0.15, 0.2) is 60.0 Å². The molecule has 0 saturated heterocycles. The van der Waals surface area contributed by atoms with Gasteiger partial charge in [0.15, 0.2) is 0 Å². The predicted octanol–water partition coefficient (Wildman–Crippen LogP) is 4.91. The van der Waals surface area contributed by atoms with E-state index in [1.165, 1.54) is 11.3 Å². The van der Waals surface area contributed by atoms with Crippen LogP contribution in [0.4, 0.5) is 0 Å². The van der Waals surface area contributed by atoms with Crippen LogP contribution in [0.1, 0.15) is 17.7 Å². The molecule has 0 aliphatic carbocycles. The summed E-state index contributed by atoms with van der Waals surface area (Å²) in [4.78, 5) is 28.4. The number of benzene rings is 2. The summed E-state index contributed by atoms with van der Waals surface area (Å²) in [5.74, 6) is -1.81. The van der Waals surface area contributed by atoms with Crippen molar-refractivity contribution in [2.75, 3.05) is 0 Å². The molecule has 0 saturated carbocycles. The largest absolute Gasteiger partial charge is 0.481 e. The number of carboxylic acid groups (broad SMARTS) is 1. The first-order chi connectivity index (χ1) is 13.0. The molecule has 2 aromatic carbocycles. The summed E-state index contributed by atoms with van der Waals surface area (Å²) in [7, 11) is 0. The zero-order valence-corrected chi connectivity index (χ0v) is 16.0. The Kier molecular flexibility index (Phi) is 6.37. The lowest BCUT2D eigenvalue weighted by molar-refractivity contribution is -0.143. The molecule has 0 radical (unpaired) electrons. The van der Waals surface area contributed by atoms with Gasteiger partial charge in [0.05, 0.1) is 11.6 Å². The van der Waals surface area contributed by atoms with E-state index in [1.807, 2.05) is 53.9 Å². The number of nitrogens with zero attached hydrogens (tertiary/aromatic N) is 1. The van der Waals surface area contributed by atoms with E-state index in [9.17, 15) is 14.7 Å². The highest BCUT2D eigenvalue weighted by atomic mass is 35.5. The van der Waals surface area contributed by atoms with Crippen molar-refractivity contribution < 1.29 is 14.7 Å². The van der Waals surface area contributed by atoms with E-state index in [1.54, 1.807) is 6.07 Å². The normalized spacial score (nSPS) is 11.9. The fraction of sp³-hybridized carbons (Fsp3) is 0.190. The quantitative estimate of drug-likeness (QED) is 0.584. The van der Waals surface area contributed by atoms with Crippen LogP contribution in [0, 0.1) is 5.92 Å². The van der Waals surface area contributed by atoms with Gasteiger partial charge >= 0.3 is 5.97 Å². The maximum atomic E-state index is 12.4. The third-order valence-corrected chi connectivity index (χ3v) is 5.33. The Balaban J connectivity index is 1.63. The van der Waals surface area contributed by atoms with Crippen LogP contribution < -0.4 is 0 Å². The van der Waals surface area contributed by atoms with Crippen LogP contribution in [-0.4, -0.2) is 21.8 Å². The van der Waals surface area contributed by atoms with Crippen molar-refractivity contribution in [1.29, 1.82) is 0 Å². The van der Waals surface area contributed by atoms with Crippen molar-refractivity contribution in [3.8, 4) is 10.6 Å². The van der Waals surface area contributed by atoms with Crippen LogP contribution in [0.3, 0.4) is 0 Å². The van der Waals surface area contributed by atoms with E-state index in [2.05, 4.69) is 4.98 Å². The molecule has 138 valence electrons. The molecular weight excluding hydrogens is 382 g/mol. The molecule has 0 spiro atoms. The molecule has 0 fully saturated rings. The smallest absolute Gasteiger partial charge is 0.307 e. The standard InChI is InChI=1S/C21H18ClNO3S/c22-17-8-4-7-15(10-17)20-23-18(13-27-20)12-19(24)11-16(21(25)26)9-14-5-2-1-3-6-14/h1-8,10,13,16H,9,11-12H2,(H,25,26)/t16-/m0/s1. The molecule has 27 heavy (non-hydrogen) atoms. The topological polar surface area (TPSA) is 67.3 Å². The van der Waals surface area contributed by atoms with E-state index in [4.69, 9.17) is 11.6 Å². The first kappa shape index (κ1) is 19.3. The van der Waals surface area contributed by atoms with Gasteiger partial charge in [0, 0.05) is 28.8 Å². The van der Waals surface area contributed by atoms with E-state index in [-0.39, 0.29) is 18.6 Å². The lowest BCUT2D eigenvalue weighted by Gasteiger charge is -2.11. The number of carboxylic acids is 1. The molecule has 0 bridgehead atoms. The molecule has 0 unspecified atom stereocenters. The van der Waals surface area contributed by atoms with Gasteiger partial charge in [-0.2, -0.15) is 0 Å². The maximum absolute atomic E-state index is 12.4. The highest BCUT2D eigenvalue weighted by Gasteiger charge is 2.22. The van der Waals surface area contributed by atoms with E-state index >= 15 is 0 Å². The molecular formula is C21H18ClNO3S. The number of ketones is 1. The Morgan fingerprint density at radius 1 is 1.11 bits per heavy atom. The van der Waals surface area contributed by atoms with Crippen LogP contribution in [0.5, 0.6) is 0 Å². The van der Waals surface area contributed by atoms with Crippen LogP contribution in [0.2, 0.25) is 5.02 Å². The predicted molar refractivity (Wildman–Crippen MR) is 107 cm³/mol. The fourth-order valence-electron chi connectivity index (χ4n) is 2.84. The number of hydrogen-bond donors (Lipinski definition) is 1. The Morgan fingerprint density at radius 2 is 1.89 bits per heavy atom. The van der Waals surface area contributed by atoms with Crippen LogP contribution >= 0.6 is 22.9 Å². The number of carbonyl (C=O) groups excluding carboxylic acids is 1. The number of Topliss-reactive ketones (excluding diaryl/α,β-unsaturated/α-hetero) is 1. The second-order valence-electron chi connectivity index (χ2n) is 6.30. The van der Waals surface area contributed by atoms with Gasteiger partial charge in [-0.05, 0) is 24.1 Å². The summed E-state index contributed by atoms with van der Waals surface area (Å²) in [6, 6.07) is 16.7. The Morgan fingerprint density at radius 3 is 2.59 bits per heavy atom. The molecule has 6 heteroatoms. The number of rotatable bonds is 8. The second-order valence-corrected chi connectivity index (χ2v) is 7.59. The van der Waals surface area contributed by atoms with Crippen LogP contribution in [0.25, 0.3) is 10.6 Å². The number of aromatic nitrogens is 1. The fourth-order valence-corrected chi connectivity index (χ4v) is 3.84. The third-order valence-electron chi connectivity index (χ3n) is 4.15. The maximum Gasteiger partial charge on any atom is 0.307 e. The summed E-state index contributed by atoms with van der Waals surface area (Å²) in [5.41, 5.74) is 2.47. The number of thiazole rings is 1. The van der Waals surface area contributed by atoms with Crippen molar-refractivity contribution in [3.63, 3.8) is 0 Å². The molecule has 1 aromatic heterocycles. The third kappa shape index (κ3) is 5.49.